The molecular weight excluding hydrogens is 175 g/mol. The molecule has 1 heterocycles. The maximum absolute atomic E-state index is 12.6. The molecule has 0 saturated carbocycles. The van der Waals surface area contributed by atoms with E-state index in [-0.39, 0.29) is 70.4 Å². The van der Waals surface area contributed by atoms with E-state index in [9.17, 15) is 8.78 Å². The summed E-state index contributed by atoms with van der Waals surface area (Å²) in [5, 5.41) is 0. The van der Waals surface area contributed by atoms with E-state index in [4.69, 9.17) is 0 Å². The van der Waals surface area contributed by atoms with Crippen LogP contribution in [0.25, 0.3) is 0 Å². The van der Waals surface area contributed by atoms with Crippen molar-refractivity contribution in [3.8, 4) is 0 Å². The number of nitrogens with zero attached hydrogens (tertiary/aromatic N) is 1. The Morgan fingerprint density at radius 1 is 1.55 bits per heavy atom. The molecule has 0 amide bonds. The van der Waals surface area contributed by atoms with Crippen molar-refractivity contribution >= 4 is 0 Å². The van der Waals surface area contributed by atoms with Gasteiger partial charge in [0.2, 0.25) is 0 Å². The third kappa shape index (κ3) is 3.78. The second kappa shape index (κ2) is 4.63. The van der Waals surface area contributed by atoms with E-state index < -0.39 is 5.92 Å². The van der Waals surface area contributed by atoms with Gasteiger partial charge < -0.3 is 11.8 Å². The smallest absolute Gasteiger partial charge is 0.328 e. The van der Waals surface area contributed by atoms with Crippen LogP contribution in [0.1, 0.15) is 12.8 Å². The van der Waals surface area contributed by atoms with Gasteiger partial charge in [0.25, 0.3) is 5.92 Å². The Labute approximate surface area is 109 Å². The number of piperidine rings is 1. The van der Waals surface area contributed by atoms with Crippen LogP contribution in [0.5, 0.6) is 0 Å². The van der Waals surface area contributed by atoms with Crippen LogP contribution in [-0.2, 0) is 0 Å². The van der Waals surface area contributed by atoms with E-state index in [2.05, 4.69) is 6.92 Å². The minimum atomic E-state index is -2.48. The van der Waals surface area contributed by atoms with Crippen LogP contribution in [0.15, 0.2) is 0 Å². The van der Waals surface area contributed by atoms with Crippen LogP contribution in [0.3, 0.4) is 0 Å². The van der Waals surface area contributed by atoms with Gasteiger partial charge in [-0.05, 0) is 7.05 Å². The van der Waals surface area contributed by atoms with E-state index in [0.29, 0.717) is 6.42 Å². The monoisotopic (exact) mass is 187 g/mol. The fourth-order valence-corrected chi connectivity index (χ4v) is 1.17. The molecule has 1 fully saturated rings. The first-order valence-corrected chi connectivity index (χ1v) is 3.42. The molecule has 1 aliphatic heterocycles. The molecule has 1 saturated heterocycles. The van der Waals surface area contributed by atoms with Crippen molar-refractivity contribution in [3.63, 3.8) is 0 Å². The van der Waals surface area contributed by atoms with Gasteiger partial charge in [0.1, 0.15) is 0 Å². The maximum atomic E-state index is 12.6. The number of hydrogen-bond acceptors (Lipinski definition) is 1. The standard InChI is InChI=1S/C7H12F2N.K/c1-6-3-4-7(8,9)5-10(6)2;/h6H,1,3-5H2,2H3;/q-1;+1. The molecule has 0 aromatic heterocycles. The van der Waals surface area contributed by atoms with Gasteiger partial charge in [0.05, 0.1) is 6.54 Å². The topological polar surface area (TPSA) is 3.24 Å². The number of halogens is 2. The summed E-state index contributed by atoms with van der Waals surface area (Å²) in [4.78, 5) is 1.60. The molecule has 0 spiro atoms. The molecule has 4 heteroatoms. The Hall–Kier alpha value is 1.46. The average molecular weight is 187 g/mol. The maximum Gasteiger partial charge on any atom is 1.00 e. The van der Waals surface area contributed by atoms with E-state index >= 15 is 0 Å². The van der Waals surface area contributed by atoms with Crippen LogP contribution in [0, 0.1) is 6.92 Å². The molecule has 0 bridgehead atoms. The Morgan fingerprint density at radius 2 is 2.09 bits per heavy atom. The van der Waals surface area contributed by atoms with Crippen LogP contribution in [-0.4, -0.2) is 30.5 Å². The van der Waals surface area contributed by atoms with Crippen LogP contribution in [0.4, 0.5) is 8.78 Å². The number of hydrogen-bond donors (Lipinski definition) is 0. The van der Waals surface area contributed by atoms with Crippen molar-refractivity contribution in [2.75, 3.05) is 13.6 Å². The molecule has 1 atom stereocenters. The van der Waals surface area contributed by atoms with Crippen LogP contribution in [0.2, 0.25) is 0 Å². The molecular formula is C7H12F2KN. The molecule has 1 nitrogen and oxygen atoms in total. The molecule has 60 valence electrons. The van der Waals surface area contributed by atoms with Gasteiger partial charge in [-0.25, -0.2) is 8.78 Å². The normalized spacial score (nSPS) is 31.1. The largest absolute Gasteiger partial charge is 1.00 e. The van der Waals surface area contributed by atoms with Crippen molar-refractivity contribution < 1.29 is 60.2 Å². The molecule has 0 radical (unpaired) electrons. The fraction of sp³-hybridized carbons (Fsp3) is 0.857. The van der Waals surface area contributed by atoms with E-state index in [1.54, 1.807) is 11.9 Å². The van der Waals surface area contributed by atoms with Gasteiger partial charge in [-0.3, -0.25) is 0 Å². The molecule has 1 aliphatic rings. The van der Waals surface area contributed by atoms with E-state index in [1.807, 2.05) is 0 Å². The van der Waals surface area contributed by atoms with E-state index in [1.165, 1.54) is 0 Å². The van der Waals surface area contributed by atoms with Gasteiger partial charge in [-0.15, -0.1) is 6.04 Å². The average Bonchev–Trinajstić information content (AvgIpc) is 1.79. The molecule has 0 aromatic rings. The Bertz CT molecular complexity index is 130. The van der Waals surface area contributed by atoms with Crippen molar-refractivity contribution in [1.29, 1.82) is 0 Å². The second-order valence-electron chi connectivity index (χ2n) is 2.96. The van der Waals surface area contributed by atoms with Gasteiger partial charge in [0.15, 0.2) is 0 Å². The minimum absolute atomic E-state index is 0. The molecule has 0 N–H and O–H groups in total. The number of likely N-dealkylation sites (tertiary alicyclic amines) is 1. The molecule has 1 unspecified atom stereocenters. The summed E-state index contributed by atoms with van der Waals surface area (Å²) >= 11 is 0. The minimum Gasteiger partial charge on any atom is -0.328 e. The third-order valence-corrected chi connectivity index (χ3v) is 1.95. The summed E-state index contributed by atoms with van der Waals surface area (Å²) in [5.74, 6) is -2.48. The SMILES string of the molecule is [CH2-]C1CCC(F)(F)CN1C.[K+]. The summed E-state index contributed by atoms with van der Waals surface area (Å²) in [6.45, 7) is 3.60. The zero-order chi connectivity index (χ0) is 7.78. The molecule has 1 rings (SSSR count). The first-order chi connectivity index (χ1) is 4.51. The molecule has 11 heavy (non-hydrogen) atoms. The zero-order valence-corrected chi connectivity index (χ0v) is 10.2. The van der Waals surface area contributed by atoms with Gasteiger partial charge in [0, 0.05) is 6.42 Å². The summed E-state index contributed by atoms with van der Waals surface area (Å²) < 4.78 is 25.1. The Kier molecular flexibility index (Phi) is 5.24. The summed E-state index contributed by atoms with van der Waals surface area (Å²) in [5.41, 5.74) is 0. The Morgan fingerprint density at radius 3 is 2.45 bits per heavy atom. The third-order valence-electron chi connectivity index (χ3n) is 1.95. The van der Waals surface area contributed by atoms with Crippen LogP contribution < -0.4 is 51.4 Å². The van der Waals surface area contributed by atoms with Crippen molar-refractivity contribution in [2.24, 2.45) is 0 Å². The summed E-state index contributed by atoms with van der Waals surface area (Å²) in [7, 11) is 1.69. The second-order valence-corrected chi connectivity index (χ2v) is 2.96. The summed E-state index contributed by atoms with van der Waals surface area (Å²) in [6.07, 6.45) is 0.495. The Balaban J connectivity index is 0.000001000. The van der Waals surface area contributed by atoms with E-state index in [0.717, 1.165) is 0 Å². The van der Waals surface area contributed by atoms with Gasteiger partial charge >= 0.3 is 51.4 Å². The molecule has 0 aromatic carbocycles. The molecule has 0 aliphatic carbocycles. The number of rotatable bonds is 0. The van der Waals surface area contributed by atoms with Crippen molar-refractivity contribution in [3.05, 3.63) is 6.92 Å². The predicted molar refractivity (Wildman–Crippen MR) is 36.0 cm³/mol. The van der Waals surface area contributed by atoms with Crippen molar-refractivity contribution in [1.82, 2.24) is 4.90 Å². The van der Waals surface area contributed by atoms with Gasteiger partial charge in [-0.1, -0.05) is 6.42 Å². The predicted octanol–water partition coefficient (Wildman–Crippen LogP) is -1.45. The van der Waals surface area contributed by atoms with Crippen LogP contribution >= 0.6 is 0 Å². The quantitative estimate of drug-likeness (QED) is 0.331. The first-order valence-electron chi connectivity index (χ1n) is 3.42. The first kappa shape index (κ1) is 12.5. The number of alkyl halides is 2. The summed E-state index contributed by atoms with van der Waals surface area (Å²) in [6, 6.07) is 0.0691. The zero-order valence-electron chi connectivity index (χ0n) is 7.11. The van der Waals surface area contributed by atoms with Crippen molar-refractivity contribution in [2.45, 2.75) is 24.8 Å². The van der Waals surface area contributed by atoms with Gasteiger partial charge in [-0.2, -0.15) is 0 Å². The fourth-order valence-electron chi connectivity index (χ4n) is 1.17.